The molecule has 3 rings (SSSR count). The molecule has 114 valence electrons. The van der Waals surface area contributed by atoms with E-state index in [2.05, 4.69) is 5.32 Å². The van der Waals surface area contributed by atoms with Crippen LogP contribution in [0.4, 0.5) is 5.69 Å². The maximum absolute atomic E-state index is 6.28. The number of anilines is 1. The van der Waals surface area contributed by atoms with Gasteiger partial charge in [-0.05, 0) is 42.9 Å². The maximum Gasteiger partial charge on any atom is 0.161 e. The summed E-state index contributed by atoms with van der Waals surface area (Å²) in [7, 11) is 0. The van der Waals surface area contributed by atoms with Crippen molar-refractivity contribution in [2.75, 3.05) is 17.6 Å². The van der Waals surface area contributed by atoms with Crippen LogP contribution in [-0.2, 0) is 0 Å². The van der Waals surface area contributed by atoms with Gasteiger partial charge >= 0.3 is 0 Å². The summed E-state index contributed by atoms with van der Waals surface area (Å²) in [6.07, 6.45) is 6.76. The fourth-order valence-electron chi connectivity index (χ4n) is 3.09. The molecule has 1 saturated carbocycles. The second kappa shape index (κ2) is 6.39. The zero-order valence-corrected chi connectivity index (χ0v) is 14.5. The van der Waals surface area contributed by atoms with Gasteiger partial charge in [-0.1, -0.05) is 54.2 Å². The number of thioether (sulfide) groups is 1. The highest BCUT2D eigenvalue weighted by atomic mass is 35.5. The molecule has 1 N–H and O–H groups in total. The van der Waals surface area contributed by atoms with Crippen LogP contribution in [0.15, 0.2) is 17.1 Å². The summed E-state index contributed by atoms with van der Waals surface area (Å²) in [5.41, 5.74) is 2.28. The number of nitrogens with zero attached hydrogens (tertiary/aromatic N) is 1. The molecule has 0 saturated heterocycles. The molecule has 1 spiro atoms. The minimum atomic E-state index is 0.447. The predicted octanol–water partition coefficient (Wildman–Crippen LogP) is 5.77. The fraction of sp³-hybridized carbons (Fsp3) is 0.562. The predicted molar refractivity (Wildman–Crippen MR) is 95.1 cm³/mol. The first kappa shape index (κ1) is 15.5. The number of aryl methyl sites for hydroxylation is 1. The first-order valence-electron chi connectivity index (χ1n) is 7.48. The Labute approximate surface area is 140 Å². The quantitative estimate of drug-likeness (QED) is 0.700. The molecule has 0 unspecified atom stereocenters. The van der Waals surface area contributed by atoms with E-state index in [9.17, 15) is 0 Å². The average molecular weight is 343 g/mol. The van der Waals surface area contributed by atoms with Gasteiger partial charge in [0, 0.05) is 17.3 Å². The average Bonchev–Trinajstić information content (AvgIpc) is 2.48. The van der Waals surface area contributed by atoms with E-state index in [-0.39, 0.29) is 0 Å². The van der Waals surface area contributed by atoms with Crippen LogP contribution in [0.2, 0.25) is 10.0 Å². The lowest BCUT2D eigenvalue weighted by atomic mass is 9.75. The summed E-state index contributed by atoms with van der Waals surface area (Å²) < 4.78 is 0. The van der Waals surface area contributed by atoms with E-state index in [4.69, 9.17) is 28.2 Å². The van der Waals surface area contributed by atoms with E-state index >= 15 is 0 Å². The van der Waals surface area contributed by atoms with E-state index in [0.717, 1.165) is 33.7 Å². The first-order valence-corrected chi connectivity index (χ1v) is 9.22. The van der Waals surface area contributed by atoms with Crippen molar-refractivity contribution in [1.82, 2.24) is 0 Å². The molecule has 2 aliphatic rings. The van der Waals surface area contributed by atoms with Crippen molar-refractivity contribution in [2.24, 2.45) is 10.4 Å². The third-order valence-electron chi connectivity index (χ3n) is 4.48. The molecule has 0 amide bonds. The van der Waals surface area contributed by atoms with Crippen LogP contribution in [0.25, 0.3) is 0 Å². The lowest BCUT2D eigenvalue weighted by Gasteiger charge is -2.38. The third-order valence-corrected chi connectivity index (χ3v) is 6.46. The molecule has 0 aromatic heterocycles. The number of amidine groups is 1. The number of aliphatic imine (C=N–C) groups is 1. The molecule has 5 heteroatoms. The summed E-state index contributed by atoms with van der Waals surface area (Å²) in [6, 6.07) is 3.77. The Morgan fingerprint density at radius 2 is 1.90 bits per heavy atom. The lowest BCUT2D eigenvalue weighted by Crippen LogP contribution is -2.35. The summed E-state index contributed by atoms with van der Waals surface area (Å²) in [4.78, 5) is 4.76. The monoisotopic (exact) mass is 342 g/mol. The first-order chi connectivity index (χ1) is 10.1. The number of rotatable bonds is 1. The Hall–Kier alpha value is -0.380. The standard InChI is InChI=1S/C16H20Cl2N2S/c1-11-7-13(18)14(8-12(11)17)20-15-19-9-16(10-21-15)5-3-2-4-6-16/h7-8H,2-6,9-10H2,1H3,(H,19,20). The van der Waals surface area contributed by atoms with Crippen LogP contribution in [0.1, 0.15) is 37.7 Å². The second-order valence-electron chi connectivity index (χ2n) is 6.18. The van der Waals surface area contributed by atoms with Gasteiger partial charge in [0.25, 0.3) is 0 Å². The highest BCUT2D eigenvalue weighted by Crippen LogP contribution is 2.42. The molecule has 2 nitrogen and oxygen atoms in total. The van der Waals surface area contributed by atoms with Crippen LogP contribution < -0.4 is 5.32 Å². The van der Waals surface area contributed by atoms with Gasteiger partial charge in [0.15, 0.2) is 5.17 Å². The van der Waals surface area contributed by atoms with Gasteiger partial charge in [0.2, 0.25) is 0 Å². The summed E-state index contributed by atoms with van der Waals surface area (Å²) in [6.45, 7) is 2.90. The van der Waals surface area contributed by atoms with Crippen LogP contribution >= 0.6 is 35.0 Å². The molecule has 0 atom stereocenters. The van der Waals surface area contributed by atoms with Gasteiger partial charge in [-0.25, -0.2) is 0 Å². The highest BCUT2D eigenvalue weighted by molar-refractivity contribution is 8.14. The largest absolute Gasteiger partial charge is 0.334 e. The van der Waals surface area contributed by atoms with E-state index in [1.165, 1.54) is 32.1 Å². The highest BCUT2D eigenvalue weighted by Gasteiger charge is 2.34. The molecule has 1 aromatic carbocycles. The van der Waals surface area contributed by atoms with E-state index in [1.807, 2.05) is 30.8 Å². The number of halogens is 2. The Bertz CT molecular complexity index is 566. The Kier molecular flexibility index (Phi) is 4.72. The van der Waals surface area contributed by atoms with Crippen LogP contribution in [0, 0.1) is 12.3 Å². The SMILES string of the molecule is Cc1cc(Cl)c(NC2=NCC3(CCCCC3)CS2)cc1Cl. The molecule has 21 heavy (non-hydrogen) atoms. The van der Waals surface area contributed by atoms with Crippen LogP contribution in [0.5, 0.6) is 0 Å². The molecule has 1 heterocycles. The number of benzene rings is 1. The van der Waals surface area contributed by atoms with Crippen molar-refractivity contribution in [3.8, 4) is 0 Å². The van der Waals surface area contributed by atoms with Crippen molar-refractivity contribution < 1.29 is 0 Å². The zero-order chi connectivity index (χ0) is 14.9. The van der Waals surface area contributed by atoms with Gasteiger partial charge in [0.1, 0.15) is 0 Å². The Balaban J connectivity index is 1.71. The minimum absolute atomic E-state index is 0.447. The molecule has 1 aliphatic carbocycles. The molecular weight excluding hydrogens is 323 g/mol. The number of nitrogens with one attached hydrogen (secondary N) is 1. The van der Waals surface area contributed by atoms with Gasteiger partial charge in [0.05, 0.1) is 10.7 Å². The van der Waals surface area contributed by atoms with Crippen molar-refractivity contribution in [3.05, 3.63) is 27.7 Å². The third kappa shape index (κ3) is 3.52. The van der Waals surface area contributed by atoms with Crippen molar-refractivity contribution in [1.29, 1.82) is 0 Å². The molecular formula is C16H20Cl2N2S. The molecule has 1 aromatic rings. The zero-order valence-electron chi connectivity index (χ0n) is 12.2. The van der Waals surface area contributed by atoms with E-state index in [0.29, 0.717) is 10.4 Å². The second-order valence-corrected chi connectivity index (χ2v) is 7.96. The van der Waals surface area contributed by atoms with Gasteiger partial charge in [-0.2, -0.15) is 0 Å². The maximum atomic E-state index is 6.28. The molecule has 0 bridgehead atoms. The summed E-state index contributed by atoms with van der Waals surface area (Å²) in [5, 5.41) is 5.72. The van der Waals surface area contributed by atoms with E-state index < -0.39 is 0 Å². The Morgan fingerprint density at radius 1 is 1.14 bits per heavy atom. The van der Waals surface area contributed by atoms with Gasteiger partial charge < -0.3 is 5.32 Å². The fourth-order valence-corrected chi connectivity index (χ4v) is 4.68. The molecule has 0 radical (unpaired) electrons. The van der Waals surface area contributed by atoms with Crippen molar-refractivity contribution in [3.63, 3.8) is 0 Å². The Morgan fingerprint density at radius 3 is 2.57 bits per heavy atom. The van der Waals surface area contributed by atoms with Crippen molar-refractivity contribution >= 4 is 45.8 Å². The van der Waals surface area contributed by atoms with Crippen LogP contribution in [-0.4, -0.2) is 17.5 Å². The van der Waals surface area contributed by atoms with Crippen LogP contribution in [0.3, 0.4) is 0 Å². The van der Waals surface area contributed by atoms with Gasteiger partial charge in [-0.15, -0.1) is 0 Å². The molecule has 1 fully saturated rings. The molecule has 1 aliphatic heterocycles. The summed E-state index contributed by atoms with van der Waals surface area (Å²) >= 11 is 14.3. The van der Waals surface area contributed by atoms with Crippen molar-refractivity contribution in [2.45, 2.75) is 39.0 Å². The topological polar surface area (TPSA) is 24.4 Å². The minimum Gasteiger partial charge on any atom is -0.334 e. The van der Waals surface area contributed by atoms with Gasteiger partial charge in [-0.3, -0.25) is 4.99 Å². The lowest BCUT2D eigenvalue weighted by molar-refractivity contribution is 0.232. The smallest absolute Gasteiger partial charge is 0.161 e. The number of hydrogen-bond acceptors (Lipinski definition) is 3. The summed E-state index contributed by atoms with van der Waals surface area (Å²) in [5.74, 6) is 1.16. The normalized spacial score (nSPS) is 21.2. The van der Waals surface area contributed by atoms with E-state index in [1.54, 1.807) is 0 Å². The number of hydrogen-bond donors (Lipinski definition) is 1.